The van der Waals surface area contributed by atoms with Gasteiger partial charge in [-0.15, -0.1) is 0 Å². The molecule has 2 bridgehead atoms. The molecule has 4 fully saturated rings. The second-order valence-electron chi connectivity index (χ2n) is 5.95. The zero-order chi connectivity index (χ0) is 13.0. The summed E-state index contributed by atoms with van der Waals surface area (Å²) in [4.78, 5) is 12.0. The third-order valence-electron chi connectivity index (χ3n) is 4.67. The number of halogens is 3. The normalized spacial score (nSPS) is 39.7. The molecule has 0 atom stereocenters. The summed E-state index contributed by atoms with van der Waals surface area (Å²) in [6.45, 7) is 1.23. The van der Waals surface area contributed by atoms with Gasteiger partial charge in [0.05, 0.1) is 10.8 Å². The summed E-state index contributed by atoms with van der Waals surface area (Å²) >= 11 is 0. The van der Waals surface area contributed by atoms with Crippen molar-refractivity contribution >= 4 is 5.91 Å². The fourth-order valence-corrected chi connectivity index (χ4v) is 3.51. The highest BCUT2D eigenvalue weighted by atomic mass is 19.4. The number of amides is 1. The van der Waals surface area contributed by atoms with Crippen LogP contribution >= 0.6 is 0 Å². The van der Waals surface area contributed by atoms with Crippen LogP contribution < -0.4 is 5.32 Å². The van der Waals surface area contributed by atoms with Crippen LogP contribution in [-0.2, 0) is 9.53 Å². The minimum atomic E-state index is -4.15. The fraction of sp³-hybridized carbons (Fsp3) is 0.917. The van der Waals surface area contributed by atoms with Crippen LogP contribution in [0.3, 0.4) is 0 Å². The van der Waals surface area contributed by atoms with Crippen molar-refractivity contribution in [1.82, 2.24) is 5.32 Å². The van der Waals surface area contributed by atoms with Crippen LogP contribution in [0.2, 0.25) is 0 Å². The van der Waals surface area contributed by atoms with Crippen LogP contribution in [0.1, 0.15) is 32.1 Å². The van der Waals surface area contributed by atoms with Crippen molar-refractivity contribution in [1.29, 1.82) is 0 Å². The topological polar surface area (TPSA) is 38.3 Å². The molecule has 1 aliphatic heterocycles. The van der Waals surface area contributed by atoms with E-state index in [0.29, 0.717) is 13.2 Å². The molecule has 18 heavy (non-hydrogen) atoms. The van der Waals surface area contributed by atoms with Crippen LogP contribution in [0, 0.1) is 10.8 Å². The molecular weight excluding hydrogens is 247 g/mol. The zero-order valence-corrected chi connectivity index (χ0v) is 9.98. The summed E-state index contributed by atoms with van der Waals surface area (Å²) < 4.78 is 43.2. The smallest absolute Gasteiger partial charge is 0.381 e. The van der Waals surface area contributed by atoms with Crippen LogP contribution in [0.15, 0.2) is 0 Å². The third-order valence-corrected chi connectivity index (χ3v) is 4.67. The third kappa shape index (κ3) is 1.57. The number of ether oxygens (including phenoxy) is 1. The van der Waals surface area contributed by atoms with Gasteiger partial charge in [0.1, 0.15) is 0 Å². The molecule has 6 heteroatoms. The van der Waals surface area contributed by atoms with Crippen molar-refractivity contribution in [2.24, 2.45) is 10.8 Å². The molecule has 1 saturated heterocycles. The largest absolute Gasteiger partial charge is 0.394 e. The Balaban J connectivity index is 1.54. The summed E-state index contributed by atoms with van der Waals surface area (Å²) in [7, 11) is 0. The Labute approximate surface area is 103 Å². The Hall–Kier alpha value is -0.780. The van der Waals surface area contributed by atoms with Crippen LogP contribution in [0.25, 0.3) is 0 Å². The van der Waals surface area contributed by atoms with Gasteiger partial charge in [-0.3, -0.25) is 4.79 Å². The molecule has 4 rings (SSSR count). The van der Waals surface area contributed by atoms with E-state index in [0.717, 1.165) is 12.8 Å². The van der Waals surface area contributed by atoms with Crippen molar-refractivity contribution in [3.05, 3.63) is 0 Å². The Kier molecular flexibility index (Phi) is 2.47. The lowest BCUT2D eigenvalue weighted by Gasteiger charge is -2.69. The second kappa shape index (κ2) is 3.62. The summed E-state index contributed by atoms with van der Waals surface area (Å²) in [5.74, 6) is -0.180. The quantitative estimate of drug-likeness (QED) is 0.827. The SMILES string of the molecule is O=C(NC1CCOCC1)C12CC(C(F)(F)F)(C1)C2. The van der Waals surface area contributed by atoms with E-state index in [2.05, 4.69) is 5.32 Å². The first kappa shape index (κ1) is 12.3. The Morgan fingerprint density at radius 2 is 1.72 bits per heavy atom. The maximum atomic E-state index is 12.7. The minimum Gasteiger partial charge on any atom is -0.381 e. The second-order valence-corrected chi connectivity index (χ2v) is 5.95. The van der Waals surface area contributed by atoms with Gasteiger partial charge in [0.25, 0.3) is 0 Å². The number of alkyl halides is 3. The van der Waals surface area contributed by atoms with E-state index in [1.165, 1.54) is 0 Å². The number of carbonyl (C=O) groups excluding carboxylic acids is 1. The Morgan fingerprint density at radius 1 is 1.17 bits per heavy atom. The molecule has 0 unspecified atom stereocenters. The number of hydrogen-bond donors (Lipinski definition) is 1. The van der Waals surface area contributed by atoms with Gasteiger partial charge in [-0.25, -0.2) is 0 Å². The van der Waals surface area contributed by atoms with E-state index >= 15 is 0 Å². The highest BCUT2D eigenvalue weighted by Gasteiger charge is 2.80. The molecule has 102 valence electrons. The van der Waals surface area contributed by atoms with E-state index in [4.69, 9.17) is 4.74 Å². The van der Waals surface area contributed by atoms with Gasteiger partial charge in [0.2, 0.25) is 5.91 Å². The van der Waals surface area contributed by atoms with Crippen molar-refractivity contribution in [2.75, 3.05) is 13.2 Å². The molecule has 4 aliphatic rings. The van der Waals surface area contributed by atoms with Gasteiger partial charge in [-0.2, -0.15) is 13.2 Å². The highest BCUT2D eigenvalue weighted by Crippen LogP contribution is 2.78. The first-order valence-electron chi connectivity index (χ1n) is 6.32. The summed E-state index contributed by atoms with van der Waals surface area (Å²) in [6.07, 6.45) is -2.68. The molecule has 3 saturated carbocycles. The van der Waals surface area contributed by atoms with Gasteiger partial charge < -0.3 is 10.1 Å². The van der Waals surface area contributed by atoms with Crippen molar-refractivity contribution in [3.63, 3.8) is 0 Å². The summed E-state index contributed by atoms with van der Waals surface area (Å²) in [6, 6.07) is 0.0714. The van der Waals surface area contributed by atoms with E-state index in [1.807, 2.05) is 0 Å². The van der Waals surface area contributed by atoms with E-state index < -0.39 is 17.0 Å². The molecule has 3 aliphatic carbocycles. The molecule has 1 heterocycles. The number of carbonyl (C=O) groups is 1. The van der Waals surface area contributed by atoms with Crippen molar-refractivity contribution in [2.45, 2.75) is 44.3 Å². The first-order chi connectivity index (χ1) is 8.37. The number of hydrogen-bond acceptors (Lipinski definition) is 2. The molecule has 0 aromatic heterocycles. The van der Waals surface area contributed by atoms with E-state index in [9.17, 15) is 18.0 Å². The molecule has 0 spiro atoms. The van der Waals surface area contributed by atoms with Gasteiger partial charge in [-0.05, 0) is 32.1 Å². The zero-order valence-electron chi connectivity index (χ0n) is 9.98. The molecular formula is C12H16F3NO2. The van der Waals surface area contributed by atoms with Crippen LogP contribution in [0.4, 0.5) is 13.2 Å². The minimum absolute atomic E-state index is 0.0153. The monoisotopic (exact) mass is 263 g/mol. The summed E-state index contributed by atoms with van der Waals surface area (Å²) in [5, 5.41) is 2.88. The van der Waals surface area contributed by atoms with Crippen molar-refractivity contribution in [3.8, 4) is 0 Å². The molecule has 1 amide bonds. The molecule has 0 aromatic rings. The number of nitrogens with one attached hydrogen (secondary N) is 1. The lowest BCUT2D eigenvalue weighted by molar-refractivity contribution is -0.351. The predicted molar refractivity (Wildman–Crippen MR) is 56.8 cm³/mol. The van der Waals surface area contributed by atoms with Crippen LogP contribution in [0.5, 0.6) is 0 Å². The maximum absolute atomic E-state index is 12.7. The highest BCUT2D eigenvalue weighted by molar-refractivity contribution is 5.86. The maximum Gasteiger partial charge on any atom is 0.394 e. The predicted octanol–water partition coefficient (Wildman–Crippen LogP) is 2.01. The lowest BCUT2D eigenvalue weighted by atomic mass is 9.34. The van der Waals surface area contributed by atoms with Gasteiger partial charge >= 0.3 is 6.18 Å². The molecule has 0 radical (unpaired) electrons. The van der Waals surface area contributed by atoms with Gasteiger partial charge in [0.15, 0.2) is 0 Å². The van der Waals surface area contributed by atoms with Gasteiger partial charge in [-0.1, -0.05) is 0 Å². The van der Waals surface area contributed by atoms with E-state index in [-0.39, 0.29) is 31.2 Å². The average molecular weight is 263 g/mol. The first-order valence-corrected chi connectivity index (χ1v) is 6.32. The standard InChI is InChI=1S/C12H16F3NO2/c13-12(14,15)11-5-10(6-11,7-11)9(17)16-8-1-3-18-4-2-8/h8H,1-7H2,(H,16,17). The Bertz CT molecular complexity index is 354. The van der Waals surface area contributed by atoms with Gasteiger partial charge in [0, 0.05) is 19.3 Å². The van der Waals surface area contributed by atoms with E-state index in [1.54, 1.807) is 0 Å². The number of rotatable bonds is 2. The average Bonchev–Trinajstić information content (AvgIpc) is 2.12. The van der Waals surface area contributed by atoms with Crippen LogP contribution in [-0.4, -0.2) is 31.3 Å². The molecule has 3 nitrogen and oxygen atoms in total. The fourth-order valence-electron chi connectivity index (χ4n) is 3.51. The Morgan fingerprint density at radius 3 is 2.22 bits per heavy atom. The summed E-state index contributed by atoms with van der Waals surface area (Å²) in [5.41, 5.74) is -2.26. The lowest BCUT2D eigenvalue weighted by Crippen LogP contribution is -2.73. The van der Waals surface area contributed by atoms with Crippen molar-refractivity contribution < 1.29 is 22.7 Å². The molecule has 0 aromatic carbocycles. The molecule has 1 N–H and O–H groups in total.